The Hall–Kier alpha value is -2.93. The summed E-state index contributed by atoms with van der Waals surface area (Å²) in [6.07, 6.45) is -5.26. The molecule has 0 saturated carbocycles. The van der Waals surface area contributed by atoms with Gasteiger partial charge in [-0.1, -0.05) is 6.92 Å². The van der Waals surface area contributed by atoms with Crippen molar-refractivity contribution in [2.24, 2.45) is 0 Å². The maximum Gasteiger partial charge on any atom is 0.421 e. The number of amides is 2. The van der Waals surface area contributed by atoms with Crippen LogP contribution < -0.4 is 10.0 Å². The SMILES string of the molecule is CCCN1C(=O)C(NS(=O)(=O)c2ccc(NC(C)=O)cc2)(C(F)(F)F)C(C(=O)OC)=C1C. The number of esters is 1. The second-order valence-corrected chi connectivity index (χ2v) is 8.65. The minimum absolute atomic E-state index is 0.171. The van der Waals surface area contributed by atoms with Crippen molar-refractivity contribution in [3.8, 4) is 0 Å². The monoisotopic (exact) mass is 477 g/mol. The highest BCUT2D eigenvalue weighted by atomic mass is 32.2. The predicted octanol–water partition coefficient (Wildman–Crippen LogP) is 1.92. The first-order chi connectivity index (χ1) is 14.7. The lowest BCUT2D eigenvalue weighted by atomic mass is 9.91. The number of halogens is 3. The molecule has 2 N–H and O–H groups in total. The number of allylic oxidation sites excluding steroid dienone is 1. The van der Waals surface area contributed by atoms with Crippen LogP contribution in [0.3, 0.4) is 0 Å². The Bertz CT molecular complexity index is 1070. The zero-order valence-corrected chi connectivity index (χ0v) is 18.5. The summed E-state index contributed by atoms with van der Waals surface area (Å²) >= 11 is 0. The van der Waals surface area contributed by atoms with E-state index in [0.717, 1.165) is 26.2 Å². The van der Waals surface area contributed by atoms with E-state index < -0.39 is 50.0 Å². The Labute approximate surface area is 182 Å². The number of alkyl halides is 3. The summed E-state index contributed by atoms with van der Waals surface area (Å²) in [6, 6.07) is 4.24. The lowest BCUT2D eigenvalue weighted by Gasteiger charge is -2.32. The molecule has 9 nitrogen and oxygen atoms in total. The molecule has 0 spiro atoms. The number of hydrogen-bond acceptors (Lipinski definition) is 6. The molecule has 1 unspecified atom stereocenters. The topological polar surface area (TPSA) is 122 Å². The molecule has 0 fully saturated rings. The van der Waals surface area contributed by atoms with Gasteiger partial charge in [-0.05, 0) is 37.6 Å². The van der Waals surface area contributed by atoms with Gasteiger partial charge in [-0.15, -0.1) is 0 Å². The van der Waals surface area contributed by atoms with E-state index in [1.165, 1.54) is 23.8 Å². The third kappa shape index (κ3) is 4.35. The van der Waals surface area contributed by atoms with Gasteiger partial charge in [0.1, 0.15) is 0 Å². The standard InChI is InChI=1S/C19H22F3N3O6S/c1-5-10-25-11(2)15(16(27)31-4)18(17(25)28,19(20,21)22)24-32(29,30)14-8-6-13(7-9-14)23-12(3)26/h6-9,24H,5,10H2,1-4H3,(H,23,26). The Kier molecular flexibility index (Phi) is 7.05. The number of rotatable bonds is 7. The third-order valence-corrected chi connectivity index (χ3v) is 6.21. The van der Waals surface area contributed by atoms with E-state index in [-0.39, 0.29) is 24.4 Å². The van der Waals surface area contributed by atoms with Crippen molar-refractivity contribution in [2.75, 3.05) is 19.0 Å². The van der Waals surface area contributed by atoms with Crippen LogP contribution >= 0.6 is 0 Å². The van der Waals surface area contributed by atoms with Crippen LogP contribution in [0.4, 0.5) is 18.9 Å². The van der Waals surface area contributed by atoms with Crippen LogP contribution in [0.1, 0.15) is 27.2 Å². The zero-order valence-electron chi connectivity index (χ0n) is 17.7. The quantitative estimate of drug-likeness (QED) is 0.579. The predicted molar refractivity (Wildman–Crippen MR) is 107 cm³/mol. The molecular formula is C19H22F3N3O6S. The molecular weight excluding hydrogens is 455 g/mol. The van der Waals surface area contributed by atoms with E-state index in [1.54, 1.807) is 6.92 Å². The number of nitrogens with one attached hydrogen (secondary N) is 2. The molecule has 1 aliphatic rings. The lowest BCUT2D eigenvalue weighted by Crippen LogP contribution is -2.66. The number of anilines is 1. The highest BCUT2D eigenvalue weighted by Gasteiger charge is 2.71. The summed E-state index contributed by atoms with van der Waals surface area (Å²) in [7, 11) is -4.15. The van der Waals surface area contributed by atoms with Crippen molar-refractivity contribution in [3.05, 3.63) is 35.5 Å². The van der Waals surface area contributed by atoms with E-state index in [2.05, 4.69) is 10.1 Å². The van der Waals surface area contributed by atoms with Crippen molar-refractivity contribution < 1.29 is 40.7 Å². The molecule has 1 heterocycles. The van der Waals surface area contributed by atoms with Gasteiger partial charge in [0.25, 0.3) is 5.91 Å². The number of carbonyl (C=O) groups is 3. The molecule has 2 rings (SSSR count). The van der Waals surface area contributed by atoms with Crippen molar-refractivity contribution in [1.29, 1.82) is 0 Å². The zero-order chi connectivity index (χ0) is 24.5. The summed E-state index contributed by atoms with van der Waals surface area (Å²) in [5, 5.41) is 2.39. The number of nitrogens with zero attached hydrogens (tertiary/aromatic N) is 1. The van der Waals surface area contributed by atoms with Gasteiger partial charge in [-0.3, -0.25) is 9.59 Å². The van der Waals surface area contributed by atoms with Gasteiger partial charge in [0.2, 0.25) is 21.5 Å². The Balaban J connectivity index is 2.66. The molecule has 1 aromatic carbocycles. The second kappa shape index (κ2) is 8.90. The van der Waals surface area contributed by atoms with Gasteiger partial charge in [-0.2, -0.15) is 17.9 Å². The third-order valence-electron chi connectivity index (χ3n) is 4.74. The van der Waals surface area contributed by atoms with E-state index in [9.17, 15) is 36.0 Å². The molecule has 2 amide bonds. The first kappa shape index (κ1) is 25.3. The summed E-state index contributed by atoms with van der Waals surface area (Å²) in [5.41, 5.74) is -5.16. The van der Waals surface area contributed by atoms with Gasteiger partial charge in [0, 0.05) is 24.9 Å². The summed E-state index contributed by atoms with van der Waals surface area (Å²) < 4.78 is 74.9. The number of ether oxygens (including phenoxy) is 1. The summed E-state index contributed by atoms with van der Waals surface area (Å²) in [4.78, 5) is 36.5. The highest BCUT2D eigenvalue weighted by molar-refractivity contribution is 7.89. The molecule has 32 heavy (non-hydrogen) atoms. The van der Waals surface area contributed by atoms with Gasteiger partial charge < -0.3 is 15.0 Å². The van der Waals surface area contributed by atoms with E-state index in [0.29, 0.717) is 4.90 Å². The summed E-state index contributed by atoms with van der Waals surface area (Å²) in [6.45, 7) is 3.77. The Morgan fingerprint density at radius 2 is 1.75 bits per heavy atom. The molecule has 0 aliphatic carbocycles. The van der Waals surface area contributed by atoms with Crippen molar-refractivity contribution >= 4 is 33.5 Å². The van der Waals surface area contributed by atoms with E-state index in [1.807, 2.05) is 0 Å². The molecule has 0 radical (unpaired) electrons. The highest BCUT2D eigenvalue weighted by Crippen LogP contribution is 2.46. The van der Waals surface area contributed by atoms with Gasteiger partial charge in [-0.25, -0.2) is 13.2 Å². The first-order valence-corrected chi connectivity index (χ1v) is 10.8. The van der Waals surface area contributed by atoms with Crippen LogP contribution in [0.25, 0.3) is 0 Å². The van der Waals surface area contributed by atoms with Gasteiger partial charge >= 0.3 is 12.1 Å². The molecule has 0 aromatic heterocycles. The maximum atomic E-state index is 14.4. The minimum atomic E-state index is -5.51. The fourth-order valence-corrected chi connectivity index (χ4v) is 4.68. The fraction of sp³-hybridized carbons (Fsp3) is 0.421. The van der Waals surface area contributed by atoms with Crippen LogP contribution in [0.5, 0.6) is 0 Å². The van der Waals surface area contributed by atoms with Crippen LogP contribution in [0, 0.1) is 0 Å². The average Bonchev–Trinajstić information content (AvgIpc) is 2.89. The number of benzene rings is 1. The second-order valence-electron chi connectivity index (χ2n) is 6.97. The maximum absolute atomic E-state index is 14.4. The normalized spacial score (nSPS) is 19.3. The van der Waals surface area contributed by atoms with Crippen molar-refractivity contribution in [3.63, 3.8) is 0 Å². The molecule has 13 heteroatoms. The Morgan fingerprint density at radius 1 is 1.19 bits per heavy atom. The minimum Gasteiger partial charge on any atom is -0.466 e. The van der Waals surface area contributed by atoms with Crippen LogP contribution in [0.15, 0.2) is 40.4 Å². The van der Waals surface area contributed by atoms with Crippen LogP contribution in [-0.4, -0.2) is 56.5 Å². The molecule has 0 bridgehead atoms. The number of sulfonamides is 1. The van der Waals surface area contributed by atoms with Crippen molar-refractivity contribution in [1.82, 2.24) is 9.62 Å². The number of carbonyl (C=O) groups excluding carboxylic acids is 3. The molecule has 1 aliphatic heterocycles. The van der Waals surface area contributed by atoms with Crippen LogP contribution in [0.2, 0.25) is 0 Å². The van der Waals surface area contributed by atoms with Crippen molar-refractivity contribution in [2.45, 2.75) is 43.8 Å². The van der Waals surface area contributed by atoms with E-state index in [4.69, 9.17) is 0 Å². The van der Waals surface area contributed by atoms with Gasteiger partial charge in [0.15, 0.2) is 0 Å². The molecule has 176 valence electrons. The van der Waals surface area contributed by atoms with Gasteiger partial charge in [0.05, 0.1) is 17.6 Å². The molecule has 1 atom stereocenters. The molecule has 1 aromatic rings. The smallest absolute Gasteiger partial charge is 0.421 e. The lowest BCUT2D eigenvalue weighted by molar-refractivity contribution is -0.190. The average molecular weight is 477 g/mol. The Morgan fingerprint density at radius 3 is 2.19 bits per heavy atom. The first-order valence-electron chi connectivity index (χ1n) is 9.33. The number of hydrogen-bond donors (Lipinski definition) is 2. The van der Waals surface area contributed by atoms with E-state index >= 15 is 0 Å². The fourth-order valence-electron chi connectivity index (χ4n) is 3.36. The largest absolute Gasteiger partial charge is 0.466 e. The van der Waals surface area contributed by atoms with Crippen LogP contribution in [-0.2, 0) is 29.1 Å². The molecule has 0 saturated heterocycles. The summed E-state index contributed by atoms with van der Waals surface area (Å²) in [5.74, 6) is -3.58. The number of methoxy groups -OCH3 is 1.